The maximum absolute atomic E-state index is 12.3. The fourth-order valence-electron chi connectivity index (χ4n) is 2.46. The lowest BCUT2D eigenvalue weighted by atomic mass is 9.96. The summed E-state index contributed by atoms with van der Waals surface area (Å²) in [5, 5.41) is 12.0. The molecule has 1 aliphatic rings. The molecule has 1 aliphatic heterocycles. The highest BCUT2D eigenvalue weighted by atomic mass is 32.2. The van der Waals surface area contributed by atoms with Crippen molar-refractivity contribution in [3.63, 3.8) is 0 Å². The van der Waals surface area contributed by atoms with Crippen LogP contribution < -0.4 is 14.8 Å². The van der Waals surface area contributed by atoms with Crippen LogP contribution in [0.4, 0.5) is 0 Å². The molecule has 0 saturated carbocycles. The van der Waals surface area contributed by atoms with Crippen LogP contribution in [0, 0.1) is 12.8 Å². The first-order valence-electron chi connectivity index (χ1n) is 7.66. The molecule has 2 heterocycles. The fraction of sp³-hybridized carbons (Fsp3) is 0.438. The topological polar surface area (TPSA) is 73.3 Å². The zero-order chi connectivity index (χ0) is 16.9. The molecule has 1 atom stereocenters. The van der Waals surface area contributed by atoms with Gasteiger partial charge in [-0.25, -0.2) is 0 Å². The summed E-state index contributed by atoms with van der Waals surface area (Å²) in [7, 11) is 1.63. The van der Waals surface area contributed by atoms with Crippen LogP contribution in [0.1, 0.15) is 10.6 Å². The maximum atomic E-state index is 12.3. The molecule has 0 fully saturated rings. The van der Waals surface area contributed by atoms with Crippen LogP contribution in [0.3, 0.4) is 0 Å². The van der Waals surface area contributed by atoms with Gasteiger partial charge in [-0.15, -0.1) is 10.2 Å². The van der Waals surface area contributed by atoms with Gasteiger partial charge in [-0.05, 0) is 37.1 Å². The van der Waals surface area contributed by atoms with Gasteiger partial charge in [0.25, 0.3) is 0 Å². The number of aromatic nitrogens is 2. The number of hydrogen-bond acceptors (Lipinski definition) is 7. The third-order valence-electron chi connectivity index (χ3n) is 3.68. The molecule has 0 spiro atoms. The number of nitrogens with one attached hydrogen (secondary N) is 1. The van der Waals surface area contributed by atoms with E-state index in [4.69, 9.17) is 9.47 Å². The molecule has 1 aromatic carbocycles. The van der Waals surface area contributed by atoms with Crippen LogP contribution in [0.15, 0.2) is 22.5 Å². The summed E-state index contributed by atoms with van der Waals surface area (Å²) in [6.07, 6.45) is 0.668. The van der Waals surface area contributed by atoms with Gasteiger partial charge in [0.15, 0.2) is 4.34 Å². The van der Waals surface area contributed by atoms with Gasteiger partial charge < -0.3 is 14.8 Å². The van der Waals surface area contributed by atoms with Crippen LogP contribution in [-0.4, -0.2) is 42.1 Å². The Bertz CT molecular complexity index is 720. The highest BCUT2D eigenvalue weighted by Gasteiger charge is 2.26. The molecule has 3 rings (SSSR count). The Morgan fingerprint density at radius 2 is 2.38 bits per heavy atom. The monoisotopic (exact) mass is 365 g/mol. The smallest absolute Gasteiger partial charge is 0.226 e. The molecule has 0 saturated heterocycles. The van der Waals surface area contributed by atoms with E-state index in [0.717, 1.165) is 32.2 Å². The molecular weight excluding hydrogens is 346 g/mol. The summed E-state index contributed by atoms with van der Waals surface area (Å²) in [5.41, 5.74) is 1.01. The number of carbonyl (C=O) groups excluding carboxylic acids is 1. The van der Waals surface area contributed by atoms with E-state index < -0.39 is 0 Å². The number of methoxy groups -OCH3 is 1. The Kier molecular flexibility index (Phi) is 5.57. The SMILES string of the molecule is COc1ccc2c(c1)CC(C(=O)NCCSc1nnc(C)s1)CO2. The number of thioether (sulfide) groups is 1. The standard InChI is InChI=1S/C16H19N3O3S2/c1-10-18-19-16(24-10)23-6-5-17-15(20)12-7-11-8-13(21-2)3-4-14(11)22-9-12/h3-4,8,12H,5-7,9H2,1-2H3,(H,17,20). The van der Waals surface area contributed by atoms with Crippen molar-refractivity contribution in [3.05, 3.63) is 28.8 Å². The zero-order valence-corrected chi connectivity index (χ0v) is 15.2. The van der Waals surface area contributed by atoms with Gasteiger partial charge in [-0.3, -0.25) is 4.79 Å². The van der Waals surface area contributed by atoms with Crippen LogP contribution in [0.5, 0.6) is 11.5 Å². The van der Waals surface area contributed by atoms with E-state index in [1.807, 2.05) is 25.1 Å². The molecule has 1 unspecified atom stereocenters. The largest absolute Gasteiger partial charge is 0.497 e. The molecule has 1 N–H and O–H groups in total. The number of rotatable bonds is 6. The number of fused-ring (bicyclic) bond motifs is 1. The fourth-order valence-corrected chi connectivity index (χ4v) is 4.20. The summed E-state index contributed by atoms with van der Waals surface area (Å²) >= 11 is 3.17. The molecule has 1 amide bonds. The Labute approximate surface area is 149 Å². The minimum atomic E-state index is -0.168. The van der Waals surface area contributed by atoms with Crippen LogP contribution in [-0.2, 0) is 11.2 Å². The minimum absolute atomic E-state index is 0.0255. The summed E-state index contributed by atoms with van der Waals surface area (Å²) in [5.74, 6) is 2.25. The van der Waals surface area contributed by atoms with Gasteiger partial charge in [-0.2, -0.15) is 0 Å². The summed E-state index contributed by atoms with van der Waals surface area (Å²) < 4.78 is 11.9. The van der Waals surface area contributed by atoms with Gasteiger partial charge in [-0.1, -0.05) is 23.1 Å². The van der Waals surface area contributed by atoms with Crippen molar-refractivity contribution in [2.45, 2.75) is 17.7 Å². The van der Waals surface area contributed by atoms with Gasteiger partial charge in [0.1, 0.15) is 23.1 Å². The van der Waals surface area contributed by atoms with Crippen LogP contribution in [0.25, 0.3) is 0 Å². The molecule has 2 aromatic rings. The minimum Gasteiger partial charge on any atom is -0.497 e. The lowest BCUT2D eigenvalue weighted by Crippen LogP contribution is -2.38. The van der Waals surface area contributed by atoms with Crippen LogP contribution in [0.2, 0.25) is 0 Å². The van der Waals surface area contributed by atoms with Crippen molar-refractivity contribution in [2.75, 3.05) is 26.0 Å². The average molecular weight is 365 g/mol. The van der Waals surface area contributed by atoms with E-state index in [-0.39, 0.29) is 11.8 Å². The maximum Gasteiger partial charge on any atom is 0.226 e. The molecule has 24 heavy (non-hydrogen) atoms. The molecule has 0 bridgehead atoms. The summed E-state index contributed by atoms with van der Waals surface area (Å²) in [6.45, 7) is 2.94. The zero-order valence-electron chi connectivity index (χ0n) is 13.6. The second-order valence-corrected chi connectivity index (χ2v) is 7.94. The van der Waals surface area contributed by atoms with E-state index >= 15 is 0 Å². The van der Waals surface area contributed by atoms with Crippen molar-refractivity contribution in [1.82, 2.24) is 15.5 Å². The molecule has 0 aliphatic carbocycles. The van der Waals surface area contributed by atoms with Gasteiger partial charge in [0.2, 0.25) is 5.91 Å². The van der Waals surface area contributed by atoms with E-state index in [1.54, 1.807) is 30.2 Å². The lowest BCUT2D eigenvalue weighted by molar-refractivity contribution is -0.126. The second-order valence-electron chi connectivity index (χ2n) is 5.41. The quantitative estimate of drug-likeness (QED) is 0.626. The molecule has 128 valence electrons. The van der Waals surface area contributed by atoms with Gasteiger partial charge >= 0.3 is 0 Å². The molecule has 8 heteroatoms. The number of benzene rings is 1. The van der Waals surface area contributed by atoms with Crippen molar-refractivity contribution in [3.8, 4) is 11.5 Å². The number of ether oxygens (including phenoxy) is 2. The highest BCUT2D eigenvalue weighted by molar-refractivity contribution is 8.01. The predicted molar refractivity (Wildman–Crippen MR) is 94.1 cm³/mol. The molecular formula is C16H19N3O3S2. The third-order valence-corrected chi connectivity index (χ3v) is 5.65. The first-order valence-corrected chi connectivity index (χ1v) is 9.46. The van der Waals surface area contributed by atoms with E-state index in [0.29, 0.717) is 19.6 Å². The van der Waals surface area contributed by atoms with E-state index in [2.05, 4.69) is 15.5 Å². The highest BCUT2D eigenvalue weighted by Crippen LogP contribution is 2.30. The normalized spacial score (nSPS) is 16.2. The first kappa shape index (κ1) is 17.0. The van der Waals surface area contributed by atoms with Crippen molar-refractivity contribution in [2.24, 2.45) is 5.92 Å². The number of nitrogens with zero attached hydrogens (tertiary/aromatic N) is 2. The number of hydrogen-bond donors (Lipinski definition) is 1. The number of carbonyl (C=O) groups is 1. The Morgan fingerprint density at radius 1 is 1.50 bits per heavy atom. The Balaban J connectivity index is 1.47. The summed E-state index contributed by atoms with van der Waals surface area (Å²) in [6, 6.07) is 5.69. The van der Waals surface area contributed by atoms with Gasteiger partial charge in [0.05, 0.1) is 13.0 Å². The number of amides is 1. The predicted octanol–water partition coefficient (Wildman–Crippen LogP) is 2.31. The Morgan fingerprint density at radius 3 is 3.12 bits per heavy atom. The first-order chi connectivity index (χ1) is 11.7. The Hall–Kier alpha value is -1.80. The van der Waals surface area contributed by atoms with Crippen molar-refractivity contribution >= 4 is 29.0 Å². The van der Waals surface area contributed by atoms with Crippen molar-refractivity contribution in [1.29, 1.82) is 0 Å². The second kappa shape index (κ2) is 7.85. The lowest BCUT2D eigenvalue weighted by Gasteiger charge is -2.25. The van der Waals surface area contributed by atoms with Crippen molar-refractivity contribution < 1.29 is 14.3 Å². The van der Waals surface area contributed by atoms with E-state index in [1.165, 1.54) is 0 Å². The molecule has 1 aromatic heterocycles. The third kappa shape index (κ3) is 4.18. The van der Waals surface area contributed by atoms with Crippen LogP contribution >= 0.6 is 23.1 Å². The van der Waals surface area contributed by atoms with E-state index in [9.17, 15) is 4.79 Å². The average Bonchev–Trinajstić information content (AvgIpc) is 3.02. The number of aryl methyl sites for hydroxylation is 1. The summed E-state index contributed by atoms with van der Waals surface area (Å²) in [4.78, 5) is 12.3. The molecule has 0 radical (unpaired) electrons. The molecule has 6 nitrogen and oxygen atoms in total. The van der Waals surface area contributed by atoms with Gasteiger partial charge in [0, 0.05) is 12.3 Å².